The van der Waals surface area contributed by atoms with E-state index in [1.54, 1.807) is 29.8 Å². The lowest BCUT2D eigenvalue weighted by Gasteiger charge is -2.41. The van der Waals surface area contributed by atoms with Crippen LogP contribution in [0.2, 0.25) is 0 Å². The van der Waals surface area contributed by atoms with Crippen LogP contribution < -0.4 is 10.5 Å². The van der Waals surface area contributed by atoms with Gasteiger partial charge in [0, 0.05) is 25.7 Å². The smallest absolute Gasteiger partial charge is 0.252 e. The molecule has 0 amide bonds. The van der Waals surface area contributed by atoms with E-state index in [1.807, 2.05) is 13.8 Å². The van der Waals surface area contributed by atoms with Gasteiger partial charge in [0.15, 0.2) is 0 Å². The Bertz CT molecular complexity index is 852. The largest absolute Gasteiger partial charge is 0.393 e. The normalized spacial score (nSPS) is 24.7. The van der Waals surface area contributed by atoms with Crippen molar-refractivity contribution in [1.29, 1.82) is 5.26 Å². The third kappa shape index (κ3) is 2.57. The van der Waals surface area contributed by atoms with Gasteiger partial charge in [-0.3, -0.25) is 4.79 Å². The first-order chi connectivity index (χ1) is 10.9. The molecule has 0 aliphatic carbocycles. The number of anilines is 1. The Morgan fingerprint density at radius 1 is 1.39 bits per heavy atom. The summed E-state index contributed by atoms with van der Waals surface area (Å²) in [5.41, 5.74) is 2.32. The van der Waals surface area contributed by atoms with Gasteiger partial charge in [0.25, 0.3) is 5.56 Å². The predicted molar refractivity (Wildman–Crippen MR) is 88.3 cm³/mol. The zero-order valence-electron chi connectivity index (χ0n) is 13.5. The first kappa shape index (κ1) is 15.5. The first-order valence-electron chi connectivity index (χ1n) is 7.78. The molecule has 1 fully saturated rings. The average Bonchev–Trinajstić information content (AvgIpc) is 2.54. The molecular formula is C17H20N4O2. The number of nitriles is 1. The van der Waals surface area contributed by atoms with Crippen LogP contribution in [0.5, 0.6) is 0 Å². The second-order valence-electron chi connectivity index (χ2n) is 6.38. The monoisotopic (exact) mass is 312 g/mol. The topological polar surface area (TPSA) is 82.2 Å². The number of hydrogen-bond acceptors (Lipinski definition) is 5. The van der Waals surface area contributed by atoms with Crippen molar-refractivity contribution in [2.24, 2.45) is 13.0 Å². The van der Waals surface area contributed by atoms with Gasteiger partial charge < -0.3 is 14.6 Å². The summed E-state index contributed by atoms with van der Waals surface area (Å²) < 4.78 is 1.54. The molecule has 2 aromatic rings. The minimum atomic E-state index is -0.332. The van der Waals surface area contributed by atoms with Crippen molar-refractivity contribution in [3.8, 4) is 6.07 Å². The highest BCUT2D eigenvalue weighted by atomic mass is 16.3. The van der Waals surface area contributed by atoms with Crippen molar-refractivity contribution in [2.45, 2.75) is 32.4 Å². The molecule has 3 rings (SSSR count). The van der Waals surface area contributed by atoms with E-state index in [0.717, 1.165) is 5.69 Å². The molecule has 6 nitrogen and oxygen atoms in total. The first-order valence-corrected chi connectivity index (χ1v) is 7.78. The van der Waals surface area contributed by atoms with Crippen molar-refractivity contribution >= 4 is 16.7 Å². The lowest BCUT2D eigenvalue weighted by Crippen LogP contribution is -2.48. The summed E-state index contributed by atoms with van der Waals surface area (Å²) in [6, 6.07) is 7.12. The average molecular weight is 312 g/mol. The van der Waals surface area contributed by atoms with Crippen LogP contribution in [0.4, 0.5) is 5.69 Å². The number of fused-ring (bicyclic) bond motifs is 1. The second-order valence-corrected chi connectivity index (χ2v) is 6.38. The van der Waals surface area contributed by atoms with E-state index in [4.69, 9.17) is 5.26 Å². The molecule has 120 valence electrons. The van der Waals surface area contributed by atoms with Gasteiger partial charge in [-0.05, 0) is 31.4 Å². The van der Waals surface area contributed by atoms with Gasteiger partial charge >= 0.3 is 0 Å². The number of pyridine rings is 2. The summed E-state index contributed by atoms with van der Waals surface area (Å²) in [6.07, 6.45) is 0.317. The molecule has 1 N–H and O–H groups in total. The lowest BCUT2D eigenvalue weighted by molar-refractivity contribution is 0.0840. The number of nitrogens with zero attached hydrogens (tertiary/aromatic N) is 4. The molecule has 1 saturated heterocycles. The zero-order valence-corrected chi connectivity index (χ0v) is 13.5. The number of aromatic nitrogens is 2. The molecule has 0 spiro atoms. The zero-order chi connectivity index (χ0) is 16.7. The molecule has 23 heavy (non-hydrogen) atoms. The minimum Gasteiger partial charge on any atom is -0.393 e. The lowest BCUT2D eigenvalue weighted by atomic mass is 9.91. The van der Waals surface area contributed by atoms with Crippen LogP contribution in [0, 0.1) is 17.2 Å². The molecule has 1 aliphatic rings. The van der Waals surface area contributed by atoms with Gasteiger partial charge in [-0.15, -0.1) is 0 Å². The summed E-state index contributed by atoms with van der Waals surface area (Å²) in [6.45, 7) is 4.69. The van der Waals surface area contributed by atoms with E-state index >= 15 is 0 Å². The van der Waals surface area contributed by atoms with Crippen LogP contribution in [0.15, 0.2) is 23.0 Å². The van der Waals surface area contributed by atoms with Crippen molar-refractivity contribution in [2.75, 3.05) is 11.4 Å². The Morgan fingerprint density at radius 3 is 2.83 bits per heavy atom. The number of aliphatic hydroxyl groups is 1. The quantitative estimate of drug-likeness (QED) is 0.860. The van der Waals surface area contributed by atoms with Gasteiger partial charge in [0.2, 0.25) is 0 Å². The summed E-state index contributed by atoms with van der Waals surface area (Å²) >= 11 is 0. The molecule has 0 saturated carbocycles. The molecule has 0 unspecified atom stereocenters. The van der Waals surface area contributed by atoms with Crippen LogP contribution in [-0.4, -0.2) is 33.3 Å². The van der Waals surface area contributed by atoms with Gasteiger partial charge in [0.1, 0.15) is 17.3 Å². The van der Waals surface area contributed by atoms with E-state index in [9.17, 15) is 9.90 Å². The highest BCUT2D eigenvalue weighted by Crippen LogP contribution is 2.31. The van der Waals surface area contributed by atoms with Gasteiger partial charge in [-0.2, -0.15) is 5.26 Å². The van der Waals surface area contributed by atoms with E-state index < -0.39 is 0 Å². The van der Waals surface area contributed by atoms with Gasteiger partial charge in [0.05, 0.1) is 17.3 Å². The Morgan fingerprint density at radius 2 is 2.13 bits per heavy atom. The molecule has 0 aromatic carbocycles. The molecule has 2 aromatic heterocycles. The standard InChI is InChI=1S/C17H20N4O2/c1-10-9-21(11(2)6-15(10)22)14-7-16(23)20(3)13-5-4-12(8-18)19-17(13)14/h4-5,7,10-11,15,22H,6,9H2,1-3H3/t10-,11-,15-/m0/s1. The Labute approximate surface area is 134 Å². The van der Waals surface area contributed by atoms with Crippen LogP contribution in [0.1, 0.15) is 26.0 Å². The number of piperidine rings is 1. The SMILES string of the molecule is C[C@H]1CN(c2cc(=O)n(C)c3ccc(C#N)nc23)[C@@H](C)C[C@@H]1O. The maximum atomic E-state index is 12.3. The highest BCUT2D eigenvalue weighted by molar-refractivity contribution is 5.88. The molecule has 6 heteroatoms. The third-order valence-corrected chi connectivity index (χ3v) is 4.75. The molecule has 0 radical (unpaired) electrons. The van der Waals surface area contributed by atoms with Gasteiger partial charge in [-0.25, -0.2) is 4.98 Å². The van der Waals surface area contributed by atoms with E-state index in [0.29, 0.717) is 29.7 Å². The summed E-state index contributed by atoms with van der Waals surface area (Å²) in [7, 11) is 1.70. The number of aryl methyl sites for hydroxylation is 1. The maximum Gasteiger partial charge on any atom is 0.252 e. The van der Waals surface area contributed by atoms with Crippen LogP contribution >= 0.6 is 0 Å². The number of hydrogen-bond donors (Lipinski definition) is 1. The van der Waals surface area contributed by atoms with E-state index in [2.05, 4.69) is 16.0 Å². The highest BCUT2D eigenvalue weighted by Gasteiger charge is 2.31. The summed E-state index contributed by atoms with van der Waals surface area (Å²) in [4.78, 5) is 18.8. The Hall–Kier alpha value is -2.39. The van der Waals surface area contributed by atoms with E-state index in [1.165, 1.54) is 0 Å². The van der Waals surface area contributed by atoms with Crippen LogP contribution in [0.3, 0.4) is 0 Å². The molecule has 1 aliphatic heterocycles. The molecule has 3 atom stereocenters. The fourth-order valence-corrected chi connectivity index (χ4v) is 3.25. The number of aliphatic hydroxyl groups excluding tert-OH is 1. The van der Waals surface area contributed by atoms with Crippen molar-refractivity contribution in [3.05, 3.63) is 34.2 Å². The fraction of sp³-hybridized carbons (Fsp3) is 0.471. The van der Waals surface area contributed by atoms with Crippen molar-refractivity contribution in [3.63, 3.8) is 0 Å². The summed E-state index contributed by atoms with van der Waals surface area (Å²) in [5.74, 6) is 0.115. The fourth-order valence-electron chi connectivity index (χ4n) is 3.25. The van der Waals surface area contributed by atoms with Gasteiger partial charge in [-0.1, -0.05) is 6.92 Å². The summed E-state index contributed by atoms with van der Waals surface area (Å²) in [5, 5.41) is 19.2. The predicted octanol–water partition coefficient (Wildman–Crippen LogP) is 1.40. The molecule has 0 bridgehead atoms. The minimum absolute atomic E-state index is 0.101. The number of rotatable bonds is 1. The Kier molecular flexibility index (Phi) is 3.82. The molecular weight excluding hydrogens is 292 g/mol. The maximum absolute atomic E-state index is 12.3. The third-order valence-electron chi connectivity index (χ3n) is 4.75. The Balaban J connectivity index is 2.22. The van der Waals surface area contributed by atoms with Crippen molar-refractivity contribution < 1.29 is 5.11 Å². The van der Waals surface area contributed by atoms with E-state index in [-0.39, 0.29) is 23.6 Å². The van der Waals surface area contributed by atoms with Crippen molar-refractivity contribution in [1.82, 2.24) is 9.55 Å². The van der Waals surface area contributed by atoms with Crippen LogP contribution in [-0.2, 0) is 7.05 Å². The van der Waals surface area contributed by atoms with Crippen LogP contribution in [0.25, 0.3) is 11.0 Å². The second kappa shape index (κ2) is 5.67. The molecule has 3 heterocycles.